The Balaban J connectivity index is 1.61. The summed E-state index contributed by atoms with van der Waals surface area (Å²) in [4.78, 5) is 26.9. The third-order valence-electron chi connectivity index (χ3n) is 4.97. The fraction of sp³-hybridized carbons (Fsp3) is 0.391. The third-order valence-corrected chi connectivity index (χ3v) is 4.97. The van der Waals surface area contributed by atoms with Gasteiger partial charge in [0.15, 0.2) is 0 Å². The Bertz CT molecular complexity index is 849. The van der Waals surface area contributed by atoms with Crippen LogP contribution < -0.4 is 10.6 Å². The predicted octanol–water partition coefficient (Wildman–Crippen LogP) is 4.27. The van der Waals surface area contributed by atoms with Crippen LogP contribution in [0.4, 0.5) is 11.4 Å². The van der Waals surface area contributed by atoms with E-state index in [1.807, 2.05) is 53.4 Å². The molecule has 0 unspecified atom stereocenters. The molecule has 0 saturated carbocycles. The zero-order chi connectivity index (χ0) is 20.1. The van der Waals surface area contributed by atoms with Gasteiger partial charge in [-0.1, -0.05) is 45.0 Å². The maximum atomic E-state index is 12.5. The van der Waals surface area contributed by atoms with Crippen molar-refractivity contribution in [3.05, 3.63) is 59.7 Å². The number of likely N-dealkylation sites (tertiary alicyclic amines) is 1. The van der Waals surface area contributed by atoms with Gasteiger partial charge in [-0.15, -0.1) is 0 Å². The van der Waals surface area contributed by atoms with Gasteiger partial charge in [0, 0.05) is 30.0 Å². The highest BCUT2D eigenvalue weighted by atomic mass is 16.2. The van der Waals surface area contributed by atoms with Gasteiger partial charge in [-0.3, -0.25) is 9.59 Å². The van der Waals surface area contributed by atoms with Gasteiger partial charge in [-0.05, 0) is 48.1 Å². The van der Waals surface area contributed by atoms with E-state index in [1.54, 1.807) is 0 Å². The van der Waals surface area contributed by atoms with Crippen LogP contribution in [0.25, 0.3) is 0 Å². The molecule has 1 aliphatic rings. The van der Waals surface area contributed by atoms with Gasteiger partial charge in [0.05, 0.1) is 6.54 Å². The number of nitrogens with one attached hydrogen (secondary N) is 2. The van der Waals surface area contributed by atoms with Crippen molar-refractivity contribution in [1.29, 1.82) is 0 Å². The maximum Gasteiger partial charge on any atom is 0.253 e. The molecule has 0 bridgehead atoms. The Kier molecular flexibility index (Phi) is 6.02. The molecular weight excluding hydrogens is 350 g/mol. The van der Waals surface area contributed by atoms with E-state index in [2.05, 4.69) is 31.4 Å². The van der Waals surface area contributed by atoms with Gasteiger partial charge in [0.2, 0.25) is 5.91 Å². The van der Waals surface area contributed by atoms with E-state index in [0.29, 0.717) is 5.56 Å². The SMILES string of the molecule is CC(C)(C)c1ccccc1NC(=O)CNc1cccc(C(=O)N2CCCC2)c1. The molecule has 0 aromatic heterocycles. The van der Waals surface area contributed by atoms with Gasteiger partial charge in [-0.25, -0.2) is 0 Å². The zero-order valence-corrected chi connectivity index (χ0v) is 16.9. The Morgan fingerprint density at radius 3 is 2.43 bits per heavy atom. The molecule has 2 aromatic carbocycles. The maximum absolute atomic E-state index is 12.5. The summed E-state index contributed by atoms with van der Waals surface area (Å²) in [5.41, 5.74) is 3.30. The first-order valence-electron chi connectivity index (χ1n) is 9.87. The van der Waals surface area contributed by atoms with Crippen molar-refractivity contribution < 1.29 is 9.59 Å². The third kappa shape index (κ3) is 4.91. The fourth-order valence-corrected chi connectivity index (χ4v) is 3.49. The van der Waals surface area contributed by atoms with Crippen LogP contribution in [-0.2, 0) is 10.2 Å². The lowest BCUT2D eigenvalue weighted by Gasteiger charge is -2.23. The summed E-state index contributed by atoms with van der Waals surface area (Å²) in [5.74, 6) is -0.0577. The van der Waals surface area contributed by atoms with Crippen molar-refractivity contribution in [2.24, 2.45) is 0 Å². The molecule has 5 nitrogen and oxygen atoms in total. The minimum absolute atomic E-state index is 0.0540. The minimum Gasteiger partial charge on any atom is -0.376 e. The van der Waals surface area contributed by atoms with Crippen LogP contribution >= 0.6 is 0 Å². The van der Waals surface area contributed by atoms with Gasteiger partial charge >= 0.3 is 0 Å². The van der Waals surface area contributed by atoms with Crippen LogP contribution in [-0.4, -0.2) is 36.3 Å². The van der Waals surface area contributed by atoms with E-state index < -0.39 is 0 Å². The molecule has 1 fully saturated rings. The minimum atomic E-state index is -0.118. The Morgan fingerprint density at radius 2 is 1.71 bits per heavy atom. The number of nitrogens with zero attached hydrogens (tertiary/aromatic N) is 1. The van der Waals surface area contributed by atoms with Crippen molar-refractivity contribution in [3.8, 4) is 0 Å². The average molecular weight is 380 g/mol. The predicted molar refractivity (Wildman–Crippen MR) is 114 cm³/mol. The van der Waals surface area contributed by atoms with Crippen LogP contribution in [0.5, 0.6) is 0 Å². The lowest BCUT2D eigenvalue weighted by molar-refractivity contribution is -0.114. The number of hydrogen-bond donors (Lipinski definition) is 2. The molecule has 0 spiro atoms. The molecule has 28 heavy (non-hydrogen) atoms. The molecule has 1 aliphatic heterocycles. The molecule has 0 aliphatic carbocycles. The largest absolute Gasteiger partial charge is 0.376 e. The lowest BCUT2D eigenvalue weighted by atomic mass is 9.86. The monoisotopic (exact) mass is 379 g/mol. The first-order chi connectivity index (χ1) is 13.3. The molecule has 1 saturated heterocycles. The summed E-state index contributed by atoms with van der Waals surface area (Å²) in [6, 6.07) is 15.2. The van der Waals surface area contributed by atoms with Crippen LogP contribution in [0.1, 0.15) is 49.5 Å². The lowest BCUT2D eigenvalue weighted by Crippen LogP contribution is -2.27. The summed E-state index contributed by atoms with van der Waals surface area (Å²) < 4.78 is 0. The molecule has 148 valence electrons. The number of amides is 2. The fourth-order valence-electron chi connectivity index (χ4n) is 3.49. The van der Waals surface area contributed by atoms with Crippen LogP contribution in [0.15, 0.2) is 48.5 Å². The number of hydrogen-bond acceptors (Lipinski definition) is 3. The van der Waals surface area contributed by atoms with E-state index in [1.165, 1.54) is 0 Å². The number of para-hydroxylation sites is 1. The van der Waals surface area contributed by atoms with Crippen LogP contribution in [0.2, 0.25) is 0 Å². The topological polar surface area (TPSA) is 61.4 Å². The number of carbonyl (C=O) groups is 2. The van der Waals surface area contributed by atoms with E-state index in [0.717, 1.165) is 42.9 Å². The second-order valence-corrected chi connectivity index (χ2v) is 8.28. The first-order valence-corrected chi connectivity index (χ1v) is 9.87. The van der Waals surface area contributed by atoms with E-state index in [-0.39, 0.29) is 23.8 Å². The van der Waals surface area contributed by atoms with Crippen molar-refractivity contribution in [1.82, 2.24) is 4.90 Å². The summed E-state index contributed by atoms with van der Waals surface area (Å²) in [5, 5.41) is 6.12. The van der Waals surface area contributed by atoms with E-state index in [9.17, 15) is 9.59 Å². The second-order valence-electron chi connectivity index (χ2n) is 8.28. The normalized spacial score (nSPS) is 14.0. The summed E-state index contributed by atoms with van der Waals surface area (Å²) >= 11 is 0. The first kappa shape index (κ1) is 19.9. The van der Waals surface area contributed by atoms with E-state index >= 15 is 0 Å². The van der Waals surface area contributed by atoms with Gasteiger partial charge in [0.25, 0.3) is 5.91 Å². The summed E-state index contributed by atoms with van der Waals surface area (Å²) in [6.07, 6.45) is 2.14. The molecular formula is C23H29N3O2. The summed E-state index contributed by atoms with van der Waals surface area (Å²) in [7, 11) is 0. The molecule has 2 aromatic rings. The standard InChI is InChI=1S/C23H29N3O2/c1-23(2,3)19-11-4-5-12-20(19)25-21(27)16-24-18-10-8-9-17(15-18)22(28)26-13-6-7-14-26/h4-5,8-12,15,24H,6-7,13-14,16H2,1-3H3,(H,25,27). The Morgan fingerprint density at radius 1 is 1.00 bits per heavy atom. The highest BCUT2D eigenvalue weighted by Crippen LogP contribution is 2.29. The molecule has 0 radical (unpaired) electrons. The number of benzene rings is 2. The highest BCUT2D eigenvalue weighted by Gasteiger charge is 2.20. The molecule has 3 rings (SSSR count). The smallest absolute Gasteiger partial charge is 0.253 e. The van der Waals surface area contributed by atoms with Crippen LogP contribution in [0.3, 0.4) is 0 Å². The van der Waals surface area contributed by atoms with Crippen molar-refractivity contribution in [3.63, 3.8) is 0 Å². The highest BCUT2D eigenvalue weighted by molar-refractivity contribution is 5.96. The number of rotatable bonds is 5. The van der Waals surface area contributed by atoms with Gasteiger partial charge in [0.1, 0.15) is 0 Å². The quantitative estimate of drug-likeness (QED) is 0.815. The van der Waals surface area contributed by atoms with Crippen molar-refractivity contribution >= 4 is 23.2 Å². The Labute approximate surface area is 167 Å². The molecule has 2 N–H and O–H groups in total. The van der Waals surface area contributed by atoms with E-state index in [4.69, 9.17) is 0 Å². The molecule has 1 heterocycles. The molecule has 5 heteroatoms. The van der Waals surface area contributed by atoms with Crippen LogP contribution in [0, 0.1) is 0 Å². The van der Waals surface area contributed by atoms with Gasteiger partial charge in [-0.2, -0.15) is 0 Å². The summed E-state index contributed by atoms with van der Waals surface area (Å²) in [6.45, 7) is 8.16. The Hall–Kier alpha value is -2.82. The zero-order valence-electron chi connectivity index (χ0n) is 16.9. The number of carbonyl (C=O) groups excluding carboxylic acids is 2. The van der Waals surface area contributed by atoms with Crippen molar-refractivity contribution in [2.75, 3.05) is 30.3 Å². The van der Waals surface area contributed by atoms with Gasteiger partial charge < -0.3 is 15.5 Å². The molecule has 0 atom stereocenters. The molecule has 2 amide bonds. The van der Waals surface area contributed by atoms with Crippen molar-refractivity contribution in [2.45, 2.75) is 39.0 Å². The average Bonchev–Trinajstić information content (AvgIpc) is 3.20. The number of anilines is 2. The second kappa shape index (κ2) is 8.46.